The average Bonchev–Trinajstić information content (AvgIpc) is 2.40. The van der Waals surface area contributed by atoms with Crippen LogP contribution < -0.4 is 9.46 Å². The van der Waals surface area contributed by atoms with E-state index in [4.69, 9.17) is 4.74 Å². The molecule has 2 aromatic rings. The normalized spacial score (nSPS) is 11.2. The number of methoxy groups -OCH3 is 1. The lowest BCUT2D eigenvalue weighted by atomic mass is 10.2. The van der Waals surface area contributed by atoms with E-state index in [0.717, 1.165) is 14.5 Å². The van der Waals surface area contributed by atoms with E-state index in [0.29, 0.717) is 11.4 Å². The molecule has 112 valence electrons. The van der Waals surface area contributed by atoms with E-state index >= 15 is 0 Å². The lowest BCUT2D eigenvalue weighted by molar-refractivity contribution is 0.415. The Kier molecular flexibility index (Phi) is 4.95. The second-order valence-corrected chi connectivity index (χ2v) is 7.85. The summed E-state index contributed by atoms with van der Waals surface area (Å²) in [5, 5.41) is 0. The van der Waals surface area contributed by atoms with Gasteiger partial charge in [-0.05, 0) is 42.8 Å². The van der Waals surface area contributed by atoms with Crippen LogP contribution in [-0.4, -0.2) is 15.5 Å². The second-order valence-electron chi connectivity index (χ2n) is 4.40. The quantitative estimate of drug-likeness (QED) is 0.778. The number of sulfonamides is 1. The van der Waals surface area contributed by atoms with Crippen molar-refractivity contribution in [1.82, 2.24) is 0 Å². The van der Waals surface area contributed by atoms with E-state index in [1.165, 1.54) is 7.11 Å². The highest BCUT2D eigenvalue weighted by atomic mass is 79.9. The molecule has 21 heavy (non-hydrogen) atoms. The lowest BCUT2D eigenvalue weighted by Crippen LogP contribution is -2.13. The molecule has 0 aliphatic heterocycles. The maximum Gasteiger partial charge on any atom is 0.261 e. The van der Waals surface area contributed by atoms with E-state index < -0.39 is 10.0 Å². The number of halogens is 2. The third-order valence-electron chi connectivity index (χ3n) is 2.80. The summed E-state index contributed by atoms with van der Waals surface area (Å²) in [5.74, 6) is 0.564. The highest BCUT2D eigenvalue weighted by Crippen LogP contribution is 2.27. The fourth-order valence-electron chi connectivity index (χ4n) is 1.74. The van der Waals surface area contributed by atoms with Crippen molar-refractivity contribution >= 4 is 47.6 Å². The van der Waals surface area contributed by atoms with E-state index in [1.807, 2.05) is 6.92 Å². The number of aryl methyl sites for hydroxylation is 1. The van der Waals surface area contributed by atoms with Gasteiger partial charge >= 0.3 is 0 Å². The molecule has 0 bridgehead atoms. The Labute approximate surface area is 140 Å². The number of anilines is 1. The van der Waals surface area contributed by atoms with Crippen LogP contribution in [0.5, 0.6) is 5.75 Å². The Bertz CT molecular complexity index is 776. The zero-order valence-electron chi connectivity index (χ0n) is 11.4. The monoisotopic (exact) mass is 433 g/mol. The van der Waals surface area contributed by atoms with Crippen LogP contribution in [0.15, 0.2) is 50.2 Å². The minimum Gasteiger partial charge on any atom is -0.497 e. The van der Waals surface area contributed by atoms with Crippen LogP contribution in [0, 0.1) is 6.92 Å². The first-order valence-electron chi connectivity index (χ1n) is 5.95. The minimum absolute atomic E-state index is 0.210. The molecule has 0 aromatic heterocycles. The molecule has 0 fully saturated rings. The second kappa shape index (κ2) is 6.37. The summed E-state index contributed by atoms with van der Waals surface area (Å²) < 4.78 is 34.0. The van der Waals surface area contributed by atoms with Crippen molar-refractivity contribution in [3.63, 3.8) is 0 Å². The molecule has 0 saturated heterocycles. The Morgan fingerprint density at radius 3 is 2.43 bits per heavy atom. The highest BCUT2D eigenvalue weighted by Gasteiger charge is 2.15. The first-order valence-corrected chi connectivity index (χ1v) is 9.02. The largest absolute Gasteiger partial charge is 0.497 e. The molecule has 0 radical (unpaired) electrons. The maximum absolute atomic E-state index is 12.4. The van der Waals surface area contributed by atoms with Gasteiger partial charge in [0.05, 0.1) is 17.7 Å². The van der Waals surface area contributed by atoms with Crippen LogP contribution in [0.25, 0.3) is 0 Å². The van der Waals surface area contributed by atoms with Gasteiger partial charge in [0.1, 0.15) is 5.75 Å². The van der Waals surface area contributed by atoms with Crippen molar-refractivity contribution in [2.45, 2.75) is 11.8 Å². The van der Waals surface area contributed by atoms with Crippen LogP contribution in [0.4, 0.5) is 5.69 Å². The van der Waals surface area contributed by atoms with Crippen molar-refractivity contribution in [2.24, 2.45) is 0 Å². The lowest BCUT2D eigenvalue weighted by Gasteiger charge is -2.11. The smallest absolute Gasteiger partial charge is 0.261 e. The molecule has 4 nitrogen and oxygen atoms in total. The van der Waals surface area contributed by atoms with E-state index in [2.05, 4.69) is 36.6 Å². The van der Waals surface area contributed by atoms with E-state index in [9.17, 15) is 8.42 Å². The fourth-order valence-corrected chi connectivity index (χ4v) is 3.58. The van der Waals surface area contributed by atoms with Crippen molar-refractivity contribution in [3.8, 4) is 5.75 Å². The Morgan fingerprint density at radius 2 is 1.81 bits per heavy atom. The Morgan fingerprint density at radius 1 is 1.10 bits per heavy atom. The molecule has 0 aliphatic rings. The summed E-state index contributed by atoms with van der Waals surface area (Å²) >= 11 is 6.67. The van der Waals surface area contributed by atoms with Gasteiger partial charge in [0.2, 0.25) is 0 Å². The van der Waals surface area contributed by atoms with Gasteiger partial charge in [-0.15, -0.1) is 0 Å². The fraction of sp³-hybridized carbons (Fsp3) is 0.143. The standard InChI is InChI=1S/C14H13Br2NO3S/c1-9-5-13(3-4-14(9)16)21(18,19)17-11-6-10(15)7-12(8-11)20-2/h3-8,17H,1-2H3. The number of benzene rings is 2. The minimum atomic E-state index is -3.64. The first-order chi connectivity index (χ1) is 9.81. The molecule has 2 rings (SSSR count). The summed E-state index contributed by atoms with van der Waals surface area (Å²) in [6.45, 7) is 1.84. The van der Waals surface area contributed by atoms with Crippen LogP contribution >= 0.6 is 31.9 Å². The van der Waals surface area contributed by atoms with E-state index in [-0.39, 0.29) is 4.90 Å². The molecule has 7 heteroatoms. The van der Waals surface area contributed by atoms with Gasteiger partial charge in [-0.2, -0.15) is 0 Å². The number of ether oxygens (including phenoxy) is 1. The summed E-state index contributed by atoms with van der Waals surface area (Å²) in [7, 11) is -2.12. The number of hydrogen-bond acceptors (Lipinski definition) is 3. The molecule has 0 spiro atoms. The molecule has 0 unspecified atom stereocenters. The zero-order chi connectivity index (χ0) is 15.6. The summed E-state index contributed by atoms with van der Waals surface area (Å²) in [6.07, 6.45) is 0. The molecule has 0 amide bonds. The molecular formula is C14H13Br2NO3S. The molecule has 1 N–H and O–H groups in total. The van der Waals surface area contributed by atoms with Crippen LogP contribution in [0.1, 0.15) is 5.56 Å². The highest BCUT2D eigenvalue weighted by molar-refractivity contribution is 9.10. The molecule has 0 atom stereocenters. The van der Waals surface area contributed by atoms with Crippen molar-refractivity contribution in [2.75, 3.05) is 11.8 Å². The topological polar surface area (TPSA) is 55.4 Å². The summed E-state index contributed by atoms with van der Waals surface area (Å²) in [6, 6.07) is 9.92. The third-order valence-corrected chi connectivity index (χ3v) is 5.53. The van der Waals surface area contributed by atoms with Crippen LogP contribution in [0.2, 0.25) is 0 Å². The first kappa shape index (κ1) is 16.3. The predicted octanol–water partition coefficient (Wildman–Crippen LogP) is 4.33. The van der Waals surface area contributed by atoms with Crippen molar-refractivity contribution < 1.29 is 13.2 Å². The SMILES string of the molecule is COc1cc(Br)cc(NS(=O)(=O)c2ccc(Br)c(C)c2)c1. The van der Waals surface area contributed by atoms with Gasteiger partial charge in [0.15, 0.2) is 0 Å². The van der Waals surface area contributed by atoms with Gasteiger partial charge in [0, 0.05) is 15.0 Å². The zero-order valence-corrected chi connectivity index (χ0v) is 15.3. The van der Waals surface area contributed by atoms with E-state index in [1.54, 1.807) is 36.4 Å². The molecular weight excluding hydrogens is 422 g/mol. The molecule has 0 aliphatic carbocycles. The third kappa shape index (κ3) is 3.99. The summed E-state index contributed by atoms with van der Waals surface area (Å²) in [5.41, 5.74) is 1.28. The van der Waals surface area contributed by atoms with Crippen LogP contribution in [0.3, 0.4) is 0 Å². The Hall–Kier alpha value is -1.05. The van der Waals surface area contributed by atoms with Gasteiger partial charge < -0.3 is 4.74 Å². The van der Waals surface area contributed by atoms with Crippen LogP contribution in [-0.2, 0) is 10.0 Å². The predicted molar refractivity (Wildman–Crippen MR) is 90.4 cm³/mol. The summed E-state index contributed by atoms with van der Waals surface area (Å²) in [4.78, 5) is 0.210. The molecule has 2 aromatic carbocycles. The van der Waals surface area contributed by atoms with Gasteiger partial charge in [0.25, 0.3) is 10.0 Å². The number of nitrogens with one attached hydrogen (secondary N) is 1. The van der Waals surface area contributed by atoms with Gasteiger partial charge in [-0.25, -0.2) is 8.42 Å². The molecule has 0 saturated carbocycles. The Balaban J connectivity index is 2.37. The number of hydrogen-bond donors (Lipinski definition) is 1. The van der Waals surface area contributed by atoms with Crippen molar-refractivity contribution in [3.05, 3.63) is 50.9 Å². The number of rotatable bonds is 4. The maximum atomic E-state index is 12.4. The van der Waals surface area contributed by atoms with Crippen molar-refractivity contribution in [1.29, 1.82) is 0 Å². The molecule has 0 heterocycles. The average molecular weight is 435 g/mol. The van der Waals surface area contributed by atoms with Gasteiger partial charge in [-0.1, -0.05) is 31.9 Å². The van der Waals surface area contributed by atoms with Gasteiger partial charge in [-0.3, -0.25) is 4.72 Å².